The number of alkyl halides is 3. The van der Waals surface area contributed by atoms with Crippen molar-refractivity contribution in [2.75, 3.05) is 5.32 Å². The van der Waals surface area contributed by atoms with E-state index in [9.17, 15) is 13.2 Å². The van der Waals surface area contributed by atoms with Gasteiger partial charge in [0.2, 0.25) is 0 Å². The summed E-state index contributed by atoms with van der Waals surface area (Å²) in [6.07, 6.45) is -4.73. The Morgan fingerprint density at radius 2 is 1.86 bits per heavy atom. The number of nitrogens with zero attached hydrogens (tertiary/aromatic N) is 2. The van der Waals surface area contributed by atoms with Gasteiger partial charge in [0.15, 0.2) is 0 Å². The SMILES string of the molecule is N#Cc1cc(Cl)nc(Nc2ccc(OC(F)(F)F)cc2)c1. The zero-order valence-electron chi connectivity index (χ0n) is 10.3. The molecule has 0 saturated carbocycles. The molecule has 1 heterocycles. The number of nitriles is 1. The van der Waals surface area contributed by atoms with Crippen LogP contribution in [0.15, 0.2) is 36.4 Å². The predicted octanol–water partition coefficient (Wildman–Crippen LogP) is 4.25. The van der Waals surface area contributed by atoms with E-state index in [0.717, 1.165) is 12.1 Å². The van der Waals surface area contributed by atoms with Gasteiger partial charge in [0.25, 0.3) is 0 Å². The lowest BCUT2D eigenvalue weighted by Gasteiger charge is -2.10. The third kappa shape index (κ3) is 4.54. The Hall–Kier alpha value is -2.46. The van der Waals surface area contributed by atoms with E-state index in [2.05, 4.69) is 15.0 Å². The number of aromatic nitrogens is 1. The number of ether oxygens (including phenoxy) is 1. The molecule has 1 aromatic heterocycles. The molecule has 0 fully saturated rings. The van der Waals surface area contributed by atoms with Crippen molar-refractivity contribution >= 4 is 23.1 Å². The maximum absolute atomic E-state index is 12.0. The molecule has 8 heteroatoms. The summed E-state index contributed by atoms with van der Waals surface area (Å²) in [5, 5.41) is 11.8. The van der Waals surface area contributed by atoms with Gasteiger partial charge in [0.05, 0.1) is 11.6 Å². The Balaban J connectivity index is 2.14. The maximum atomic E-state index is 12.0. The van der Waals surface area contributed by atoms with E-state index in [4.69, 9.17) is 16.9 Å². The number of halogens is 4. The summed E-state index contributed by atoms with van der Waals surface area (Å²) in [6, 6.07) is 9.87. The lowest BCUT2D eigenvalue weighted by Crippen LogP contribution is -2.16. The molecule has 2 rings (SSSR count). The van der Waals surface area contributed by atoms with E-state index in [1.54, 1.807) is 0 Å². The number of nitrogens with one attached hydrogen (secondary N) is 1. The molecule has 1 N–H and O–H groups in total. The minimum absolute atomic E-state index is 0.133. The van der Waals surface area contributed by atoms with Crippen molar-refractivity contribution in [3.8, 4) is 11.8 Å². The molecule has 0 aliphatic rings. The molecule has 0 bridgehead atoms. The third-order valence-corrected chi connectivity index (χ3v) is 2.48. The molecule has 2 aromatic rings. The first-order chi connectivity index (χ1) is 9.85. The van der Waals surface area contributed by atoms with Gasteiger partial charge in [-0.1, -0.05) is 11.6 Å². The van der Waals surface area contributed by atoms with Crippen molar-refractivity contribution in [2.24, 2.45) is 0 Å². The third-order valence-electron chi connectivity index (χ3n) is 2.28. The van der Waals surface area contributed by atoms with Crippen LogP contribution in [0.4, 0.5) is 24.7 Å². The number of rotatable bonds is 3. The summed E-state index contributed by atoms with van der Waals surface area (Å²) in [5.74, 6) is -0.0200. The lowest BCUT2D eigenvalue weighted by molar-refractivity contribution is -0.274. The standard InChI is InChI=1S/C13H7ClF3N3O/c14-11-5-8(7-18)6-12(20-11)19-9-1-3-10(4-2-9)21-13(15,16)17/h1-6H,(H,19,20). The molecule has 0 spiro atoms. The zero-order chi connectivity index (χ0) is 15.5. The molecule has 0 unspecified atom stereocenters. The Morgan fingerprint density at radius 1 is 1.19 bits per heavy atom. The first-order valence-electron chi connectivity index (χ1n) is 5.56. The second kappa shape index (κ2) is 5.89. The van der Waals surface area contributed by atoms with Crippen molar-refractivity contribution in [2.45, 2.75) is 6.36 Å². The quantitative estimate of drug-likeness (QED) is 0.861. The Bertz CT molecular complexity index is 681. The fourth-order valence-electron chi connectivity index (χ4n) is 1.51. The van der Waals surface area contributed by atoms with Crippen molar-refractivity contribution in [3.05, 3.63) is 47.1 Å². The fourth-order valence-corrected chi connectivity index (χ4v) is 1.72. The van der Waals surface area contributed by atoms with E-state index < -0.39 is 6.36 Å². The Morgan fingerprint density at radius 3 is 2.43 bits per heavy atom. The normalized spacial score (nSPS) is 10.8. The van der Waals surface area contributed by atoms with E-state index in [1.807, 2.05) is 6.07 Å². The highest BCUT2D eigenvalue weighted by molar-refractivity contribution is 6.29. The van der Waals surface area contributed by atoms with Gasteiger partial charge in [-0.05, 0) is 36.4 Å². The van der Waals surface area contributed by atoms with Crippen LogP contribution < -0.4 is 10.1 Å². The van der Waals surface area contributed by atoms with Crippen molar-refractivity contribution in [1.29, 1.82) is 5.26 Å². The van der Waals surface area contributed by atoms with Crippen LogP contribution in [0.2, 0.25) is 5.15 Å². The van der Waals surface area contributed by atoms with Crippen LogP contribution in [0.5, 0.6) is 5.75 Å². The van der Waals surface area contributed by atoms with Crippen LogP contribution in [-0.4, -0.2) is 11.3 Å². The van der Waals surface area contributed by atoms with Gasteiger partial charge in [0, 0.05) is 5.69 Å². The topological polar surface area (TPSA) is 57.9 Å². The summed E-state index contributed by atoms with van der Waals surface area (Å²) in [4.78, 5) is 3.95. The lowest BCUT2D eigenvalue weighted by atomic mass is 10.2. The number of pyridine rings is 1. The number of hydrogen-bond donors (Lipinski definition) is 1. The molecule has 1 aromatic carbocycles. The van der Waals surface area contributed by atoms with Gasteiger partial charge < -0.3 is 10.1 Å². The Labute approximate surface area is 122 Å². The average molecular weight is 314 g/mol. The fraction of sp³-hybridized carbons (Fsp3) is 0.0769. The van der Waals surface area contributed by atoms with Crippen LogP contribution in [0.25, 0.3) is 0 Å². The van der Waals surface area contributed by atoms with Gasteiger partial charge >= 0.3 is 6.36 Å². The molecular formula is C13H7ClF3N3O. The summed E-state index contributed by atoms with van der Waals surface area (Å²) in [6.45, 7) is 0. The van der Waals surface area contributed by atoms with Crippen LogP contribution >= 0.6 is 11.6 Å². The molecule has 4 nitrogen and oxygen atoms in total. The average Bonchev–Trinajstić information content (AvgIpc) is 2.38. The highest BCUT2D eigenvalue weighted by Crippen LogP contribution is 2.25. The molecule has 0 aliphatic heterocycles. The van der Waals surface area contributed by atoms with E-state index in [-0.39, 0.29) is 10.9 Å². The van der Waals surface area contributed by atoms with Crippen LogP contribution in [0.3, 0.4) is 0 Å². The minimum atomic E-state index is -4.73. The van der Waals surface area contributed by atoms with Crippen LogP contribution in [-0.2, 0) is 0 Å². The summed E-state index contributed by atoms with van der Waals surface area (Å²) >= 11 is 5.75. The molecule has 0 amide bonds. The first kappa shape index (κ1) is 14.9. The monoisotopic (exact) mass is 313 g/mol. The second-order valence-electron chi connectivity index (χ2n) is 3.87. The molecule has 0 atom stereocenters. The van der Waals surface area contributed by atoms with Gasteiger partial charge in [0.1, 0.15) is 16.7 Å². The van der Waals surface area contributed by atoms with Gasteiger partial charge in [-0.2, -0.15) is 5.26 Å². The minimum Gasteiger partial charge on any atom is -0.406 e. The molecular weight excluding hydrogens is 307 g/mol. The highest BCUT2D eigenvalue weighted by atomic mass is 35.5. The summed E-state index contributed by atoms with van der Waals surface area (Å²) in [5.41, 5.74) is 0.790. The molecule has 0 radical (unpaired) electrons. The number of anilines is 2. The molecule has 0 aliphatic carbocycles. The van der Waals surface area contributed by atoms with Gasteiger partial charge in [-0.15, -0.1) is 13.2 Å². The van der Waals surface area contributed by atoms with Crippen molar-refractivity contribution in [1.82, 2.24) is 4.98 Å². The molecule has 21 heavy (non-hydrogen) atoms. The second-order valence-corrected chi connectivity index (χ2v) is 4.26. The van der Waals surface area contributed by atoms with E-state index in [1.165, 1.54) is 24.3 Å². The van der Waals surface area contributed by atoms with Crippen LogP contribution in [0.1, 0.15) is 5.56 Å². The Kier molecular flexibility index (Phi) is 4.19. The summed E-state index contributed by atoms with van der Waals surface area (Å²) in [7, 11) is 0. The molecule has 108 valence electrons. The largest absolute Gasteiger partial charge is 0.573 e. The molecule has 0 saturated heterocycles. The zero-order valence-corrected chi connectivity index (χ0v) is 11.0. The number of benzene rings is 1. The predicted molar refractivity (Wildman–Crippen MR) is 70.4 cm³/mol. The van der Waals surface area contributed by atoms with Crippen molar-refractivity contribution < 1.29 is 17.9 Å². The smallest absolute Gasteiger partial charge is 0.406 e. The first-order valence-corrected chi connectivity index (χ1v) is 5.94. The number of hydrogen-bond acceptors (Lipinski definition) is 4. The maximum Gasteiger partial charge on any atom is 0.573 e. The summed E-state index contributed by atoms with van der Waals surface area (Å²) < 4.78 is 39.8. The van der Waals surface area contributed by atoms with Crippen molar-refractivity contribution in [3.63, 3.8) is 0 Å². The van der Waals surface area contributed by atoms with E-state index in [0.29, 0.717) is 17.1 Å². The van der Waals surface area contributed by atoms with E-state index >= 15 is 0 Å². The van der Waals surface area contributed by atoms with Crippen LogP contribution in [0, 0.1) is 11.3 Å². The van der Waals surface area contributed by atoms with Gasteiger partial charge in [-0.25, -0.2) is 4.98 Å². The highest BCUT2D eigenvalue weighted by Gasteiger charge is 2.30. The van der Waals surface area contributed by atoms with Gasteiger partial charge in [-0.3, -0.25) is 0 Å².